The van der Waals surface area contributed by atoms with Crippen molar-refractivity contribution >= 4 is 27.3 Å². The molecule has 0 bridgehead atoms. The maximum Gasteiger partial charge on any atom is 0.135 e. The first kappa shape index (κ1) is 18.6. The summed E-state index contributed by atoms with van der Waals surface area (Å²) in [7, 11) is 0. The zero-order valence-electron chi connectivity index (χ0n) is 15.2. The molecule has 0 radical (unpaired) electrons. The summed E-state index contributed by atoms with van der Waals surface area (Å²) in [6, 6.07) is 13.6. The maximum atomic E-state index is 14.6. The fraction of sp³-hybridized carbons (Fsp3) is 0.409. The summed E-state index contributed by atoms with van der Waals surface area (Å²) in [6.45, 7) is 0.585. The third kappa shape index (κ3) is 4.41. The lowest BCUT2D eigenvalue weighted by molar-refractivity contribution is 0.0394. The maximum absolute atomic E-state index is 14.6. The molecule has 142 valence electrons. The standard InChI is InChI=1S/C22H24BrFN2O/c23-16-11-17(24)21(22(25)15-9-10-15)19(12-16)26-18-7-4-8-20(18)27-13-14-5-2-1-3-6-14/h1-3,5-6,11-12,15,18,20,25-26H,4,7-10,13H2/t18-,20-/m1/s1. The molecule has 2 aromatic rings. The third-order valence-electron chi connectivity index (χ3n) is 5.41. The normalized spacial score (nSPS) is 22.0. The van der Waals surface area contributed by atoms with E-state index >= 15 is 0 Å². The van der Waals surface area contributed by atoms with Crippen molar-refractivity contribution < 1.29 is 9.13 Å². The van der Waals surface area contributed by atoms with Crippen LogP contribution in [0.5, 0.6) is 0 Å². The zero-order valence-corrected chi connectivity index (χ0v) is 16.8. The van der Waals surface area contributed by atoms with Crippen molar-refractivity contribution in [3.05, 3.63) is 63.9 Å². The Morgan fingerprint density at radius 1 is 1.15 bits per heavy atom. The second-order valence-corrected chi connectivity index (χ2v) is 8.43. The van der Waals surface area contributed by atoms with Gasteiger partial charge in [0.1, 0.15) is 5.82 Å². The molecule has 0 heterocycles. The highest BCUT2D eigenvalue weighted by atomic mass is 79.9. The van der Waals surface area contributed by atoms with E-state index in [0.717, 1.165) is 37.7 Å². The van der Waals surface area contributed by atoms with E-state index in [4.69, 9.17) is 10.1 Å². The Balaban J connectivity index is 1.49. The topological polar surface area (TPSA) is 45.1 Å². The van der Waals surface area contributed by atoms with Gasteiger partial charge in [-0.1, -0.05) is 46.3 Å². The average Bonchev–Trinajstić information content (AvgIpc) is 3.41. The Morgan fingerprint density at radius 3 is 2.67 bits per heavy atom. The highest BCUT2D eigenvalue weighted by Gasteiger charge is 2.33. The van der Waals surface area contributed by atoms with Crippen LogP contribution in [0.2, 0.25) is 0 Å². The summed E-state index contributed by atoms with van der Waals surface area (Å²) in [6.07, 6.45) is 5.14. The summed E-state index contributed by atoms with van der Waals surface area (Å²) < 4.78 is 21.5. The second kappa shape index (κ2) is 8.11. The van der Waals surface area contributed by atoms with E-state index in [1.807, 2.05) is 24.3 Å². The molecule has 0 unspecified atom stereocenters. The van der Waals surface area contributed by atoms with Crippen LogP contribution >= 0.6 is 15.9 Å². The van der Waals surface area contributed by atoms with Crippen molar-refractivity contribution in [3.8, 4) is 0 Å². The molecule has 2 fully saturated rings. The zero-order chi connectivity index (χ0) is 18.8. The largest absolute Gasteiger partial charge is 0.379 e. The fourth-order valence-corrected chi connectivity index (χ4v) is 4.24. The molecule has 4 rings (SSSR count). The van der Waals surface area contributed by atoms with Crippen LogP contribution in [0.15, 0.2) is 46.9 Å². The first-order valence-corrected chi connectivity index (χ1v) is 10.4. The predicted octanol–water partition coefficient (Wildman–Crippen LogP) is 5.92. The van der Waals surface area contributed by atoms with E-state index in [9.17, 15) is 4.39 Å². The molecule has 0 saturated heterocycles. The number of anilines is 1. The van der Waals surface area contributed by atoms with E-state index in [-0.39, 0.29) is 23.9 Å². The number of nitrogens with one attached hydrogen (secondary N) is 2. The predicted molar refractivity (Wildman–Crippen MR) is 110 cm³/mol. The van der Waals surface area contributed by atoms with Gasteiger partial charge in [0.05, 0.1) is 24.3 Å². The third-order valence-corrected chi connectivity index (χ3v) is 5.87. The van der Waals surface area contributed by atoms with E-state index in [0.29, 0.717) is 28.0 Å². The summed E-state index contributed by atoms with van der Waals surface area (Å²) in [5, 5.41) is 11.9. The number of rotatable bonds is 7. The van der Waals surface area contributed by atoms with Crippen molar-refractivity contribution in [2.24, 2.45) is 5.92 Å². The molecule has 2 N–H and O–H groups in total. The van der Waals surface area contributed by atoms with Crippen molar-refractivity contribution in [1.82, 2.24) is 0 Å². The van der Waals surface area contributed by atoms with E-state index in [2.05, 4.69) is 33.4 Å². The van der Waals surface area contributed by atoms with Crippen LogP contribution in [0.3, 0.4) is 0 Å². The number of benzene rings is 2. The molecule has 2 aromatic carbocycles. The summed E-state index contributed by atoms with van der Waals surface area (Å²) in [4.78, 5) is 0. The SMILES string of the molecule is N=C(c1c(F)cc(Br)cc1N[C@@H]1CCC[C@H]1OCc1ccccc1)C1CC1. The van der Waals surface area contributed by atoms with Gasteiger partial charge in [0.2, 0.25) is 0 Å². The monoisotopic (exact) mass is 430 g/mol. The van der Waals surface area contributed by atoms with Gasteiger partial charge in [-0.25, -0.2) is 4.39 Å². The van der Waals surface area contributed by atoms with Gasteiger partial charge < -0.3 is 15.5 Å². The lowest BCUT2D eigenvalue weighted by Gasteiger charge is -2.24. The van der Waals surface area contributed by atoms with Crippen molar-refractivity contribution in [2.75, 3.05) is 5.32 Å². The minimum Gasteiger partial charge on any atom is -0.379 e. The van der Waals surface area contributed by atoms with Gasteiger partial charge in [0, 0.05) is 21.8 Å². The van der Waals surface area contributed by atoms with Gasteiger partial charge in [-0.2, -0.15) is 0 Å². The number of ether oxygens (including phenoxy) is 1. The van der Waals surface area contributed by atoms with Gasteiger partial charge in [-0.05, 0) is 49.8 Å². The molecule has 3 nitrogen and oxygen atoms in total. The molecule has 2 saturated carbocycles. The van der Waals surface area contributed by atoms with Crippen molar-refractivity contribution in [2.45, 2.75) is 50.9 Å². The van der Waals surface area contributed by atoms with E-state index in [1.165, 1.54) is 6.07 Å². The first-order chi connectivity index (χ1) is 13.1. The van der Waals surface area contributed by atoms with Crippen molar-refractivity contribution in [1.29, 1.82) is 5.41 Å². The quantitative estimate of drug-likeness (QED) is 0.535. The summed E-state index contributed by atoms with van der Waals surface area (Å²) in [5.41, 5.74) is 2.71. The van der Waals surface area contributed by atoms with Gasteiger partial charge in [-0.15, -0.1) is 0 Å². The average molecular weight is 431 g/mol. The number of halogens is 2. The minimum atomic E-state index is -0.330. The molecule has 0 amide bonds. The van der Waals surface area contributed by atoms with Crippen LogP contribution in [0.25, 0.3) is 0 Å². The molecule has 0 spiro atoms. The van der Waals surface area contributed by atoms with Crippen LogP contribution in [0.1, 0.15) is 43.2 Å². The molecular formula is C22H24BrFN2O. The van der Waals surface area contributed by atoms with Gasteiger partial charge in [0.15, 0.2) is 0 Å². The molecule has 2 atom stereocenters. The number of hydrogen-bond acceptors (Lipinski definition) is 3. The van der Waals surface area contributed by atoms with Crippen molar-refractivity contribution in [3.63, 3.8) is 0 Å². The van der Waals surface area contributed by atoms with Crippen LogP contribution in [0.4, 0.5) is 10.1 Å². The Hall–Kier alpha value is -1.72. The smallest absolute Gasteiger partial charge is 0.135 e. The molecule has 2 aliphatic rings. The van der Waals surface area contributed by atoms with E-state index < -0.39 is 0 Å². The van der Waals surface area contributed by atoms with Gasteiger partial charge in [-0.3, -0.25) is 0 Å². The number of hydrogen-bond donors (Lipinski definition) is 2. The Labute approximate surface area is 168 Å². The van der Waals surface area contributed by atoms with Crippen LogP contribution in [0, 0.1) is 17.1 Å². The van der Waals surface area contributed by atoms with Gasteiger partial charge >= 0.3 is 0 Å². The molecular weight excluding hydrogens is 407 g/mol. The minimum absolute atomic E-state index is 0.0928. The molecule has 27 heavy (non-hydrogen) atoms. The van der Waals surface area contributed by atoms with Crippen LogP contribution in [-0.4, -0.2) is 17.9 Å². The van der Waals surface area contributed by atoms with Crippen LogP contribution in [-0.2, 0) is 11.3 Å². The van der Waals surface area contributed by atoms with Crippen LogP contribution < -0.4 is 5.32 Å². The first-order valence-electron chi connectivity index (χ1n) is 9.61. The Morgan fingerprint density at radius 2 is 1.93 bits per heavy atom. The van der Waals surface area contributed by atoms with E-state index in [1.54, 1.807) is 0 Å². The fourth-order valence-electron chi connectivity index (χ4n) is 3.81. The Kier molecular flexibility index (Phi) is 5.60. The van der Waals surface area contributed by atoms with Gasteiger partial charge in [0.25, 0.3) is 0 Å². The highest BCUT2D eigenvalue weighted by Crippen LogP contribution is 2.38. The molecule has 2 aliphatic carbocycles. The lowest BCUT2D eigenvalue weighted by atomic mass is 10.0. The Bertz CT molecular complexity index is 823. The molecule has 5 heteroatoms. The lowest BCUT2D eigenvalue weighted by Crippen LogP contribution is -2.31. The second-order valence-electron chi connectivity index (χ2n) is 7.51. The summed E-state index contributed by atoms with van der Waals surface area (Å²) in [5.74, 6) is -0.126. The highest BCUT2D eigenvalue weighted by molar-refractivity contribution is 9.10. The molecule has 0 aliphatic heterocycles. The summed E-state index contributed by atoms with van der Waals surface area (Å²) >= 11 is 3.39. The molecule has 0 aromatic heterocycles.